The minimum Gasteiger partial charge on any atom is -0.393 e. The van der Waals surface area contributed by atoms with E-state index in [2.05, 4.69) is 0 Å². The Labute approximate surface area is 61.8 Å². The summed E-state index contributed by atoms with van der Waals surface area (Å²) in [7, 11) is 0. The van der Waals surface area contributed by atoms with Gasteiger partial charge in [-0.2, -0.15) is 0 Å². The maximum Gasteiger partial charge on any atom is 0.0541 e. The number of aliphatic hydroxyl groups excluding tert-OH is 1. The molecule has 3 nitrogen and oxygen atoms in total. The Kier molecular flexibility index (Phi) is 2.65. The number of piperidine rings is 1. The number of hydrogen-bond donors (Lipinski definition) is 2. The normalized spacial score (nSPS) is 26.7. The fraction of sp³-hybridized carbons (Fsp3) is 1.00. The molecular formula is C7H16N2O. The van der Waals surface area contributed by atoms with Gasteiger partial charge in [0.15, 0.2) is 0 Å². The van der Waals surface area contributed by atoms with Crippen molar-refractivity contribution in [3.63, 3.8) is 0 Å². The molecule has 0 unspecified atom stereocenters. The van der Waals surface area contributed by atoms with Gasteiger partial charge in [0.2, 0.25) is 0 Å². The van der Waals surface area contributed by atoms with E-state index in [1.807, 2.05) is 11.9 Å². The molecule has 0 aliphatic carbocycles. The molecule has 0 bridgehead atoms. The molecule has 0 aromatic rings. The minimum atomic E-state index is -0.159. The summed E-state index contributed by atoms with van der Waals surface area (Å²) in [5, 5.41) is 11.0. The van der Waals surface area contributed by atoms with E-state index in [1.54, 1.807) is 0 Å². The van der Waals surface area contributed by atoms with Crippen LogP contribution in [-0.2, 0) is 0 Å². The van der Waals surface area contributed by atoms with Crippen LogP contribution in [0.15, 0.2) is 0 Å². The second kappa shape index (κ2) is 3.32. The molecule has 3 N–H and O–H groups in total. The lowest BCUT2D eigenvalue weighted by Crippen LogP contribution is -2.41. The predicted molar refractivity (Wildman–Crippen MR) is 40.2 cm³/mol. The highest BCUT2D eigenvalue weighted by Crippen LogP contribution is 2.18. The molecule has 1 aliphatic heterocycles. The molecule has 1 saturated heterocycles. The molecule has 1 fully saturated rings. The second-order valence-corrected chi connectivity index (χ2v) is 3.11. The molecule has 0 aromatic carbocycles. The summed E-state index contributed by atoms with van der Waals surface area (Å²) in [6.45, 7) is 3.71. The molecule has 1 aliphatic rings. The molecule has 0 saturated carbocycles. The smallest absolute Gasteiger partial charge is 0.0541 e. The number of nitrogens with zero attached hydrogens (tertiary/aromatic N) is 1. The van der Waals surface area contributed by atoms with Crippen molar-refractivity contribution in [2.75, 3.05) is 13.1 Å². The van der Waals surface area contributed by atoms with Gasteiger partial charge in [-0.3, -0.25) is 5.84 Å². The van der Waals surface area contributed by atoms with Crippen molar-refractivity contribution >= 4 is 0 Å². The summed E-state index contributed by atoms with van der Waals surface area (Å²) in [5.41, 5.74) is 0. The van der Waals surface area contributed by atoms with Gasteiger partial charge in [-0.25, -0.2) is 5.01 Å². The van der Waals surface area contributed by atoms with Gasteiger partial charge in [0.1, 0.15) is 0 Å². The van der Waals surface area contributed by atoms with E-state index in [0.29, 0.717) is 5.92 Å². The van der Waals surface area contributed by atoms with Crippen LogP contribution in [-0.4, -0.2) is 29.3 Å². The molecule has 10 heavy (non-hydrogen) atoms. The third-order valence-electron chi connectivity index (χ3n) is 2.26. The van der Waals surface area contributed by atoms with E-state index in [9.17, 15) is 5.11 Å². The van der Waals surface area contributed by atoms with E-state index in [-0.39, 0.29) is 6.10 Å². The quantitative estimate of drug-likeness (QED) is 0.507. The Morgan fingerprint density at radius 3 is 2.40 bits per heavy atom. The number of aliphatic hydroxyl groups is 1. The zero-order chi connectivity index (χ0) is 7.56. The van der Waals surface area contributed by atoms with E-state index >= 15 is 0 Å². The van der Waals surface area contributed by atoms with Crippen molar-refractivity contribution in [2.24, 2.45) is 11.8 Å². The molecule has 0 spiro atoms. The van der Waals surface area contributed by atoms with Crippen molar-refractivity contribution in [3.05, 3.63) is 0 Å². The first-order chi connectivity index (χ1) is 4.70. The third kappa shape index (κ3) is 1.94. The summed E-state index contributed by atoms with van der Waals surface area (Å²) in [5.74, 6) is 6.02. The Morgan fingerprint density at radius 2 is 2.00 bits per heavy atom. The van der Waals surface area contributed by atoms with E-state index in [0.717, 1.165) is 25.9 Å². The zero-order valence-electron chi connectivity index (χ0n) is 6.45. The Balaban J connectivity index is 2.26. The first-order valence-electron chi connectivity index (χ1n) is 3.88. The Morgan fingerprint density at radius 1 is 1.50 bits per heavy atom. The molecule has 1 atom stereocenters. The van der Waals surface area contributed by atoms with Gasteiger partial charge in [-0.05, 0) is 25.7 Å². The number of hydrazine groups is 1. The topological polar surface area (TPSA) is 49.5 Å². The molecule has 0 radical (unpaired) electrons. The largest absolute Gasteiger partial charge is 0.393 e. The highest BCUT2D eigenvalue weighted by atomic mass is 16.3. The molecule has 1 heterocycles. The number of nitrogens with two attached hydrogens (primary N) is 1. The fourth-order valence-corrected chi connectivity index (χ4v) is 1.40. The average molecular weight is 144 g/mol. The van der Waals surface area contributed by atoms with Crippen LogP contribution in [0, 0.1) is 5.92 Å². The zero-order valence-corrected chi connectivity index (χ0v) is 6.45. The van der Waals surface area contributed by atoms with Crippen LogP contribution in [0.5, 0.6) is 0 Å². The molecule has 3 heteroatoms. The number of hydrogen-bond acceptors (Lipinski definition) is 3. The van der Waals surface area contributed by atoms with E-state index in [1.165, 1.54) is 0 Å². The standard InChI is InChI=1S/C7H16N2O/c1-6(10)7-2-4-9(8)5-3-7/h6-7,10H,2-5,8H2,1H3/t6-/m0/s1. The van der Waals surface area contributed by atoms with Gasteiger partial charge in [0, 0.05) is 13.1 Å². The van der Waals surface area contributed by atoms with Crippen molar-refractivity contribution < 1.29 is 5.11 Å². The molecular weight excluding hydrogens is 128 g/mol. The van der Waals surface area contributed by atoms with Crippen LogP contribution in [0.25, 0.3) is 0 Å². The van der Waals surface area contributed by atoms with Crippen LogP contribution in [0.3, 0.4) is 0 Å². The molecule has 60 valence electrons. The Hall–Kier alpha value is -0.120. The lowest BCUT2D eigenvalue weighted by molar-refractivity contribution is 0.0721. The van der Waals surface area contributed by atoms with Crippen LogP contribution >= 0.6 is 0 Å². The molecule has 0 amide bonds. The van der Waals surface area contributed by atoms with E-state index in [4.69, 9.17) is 5.84 Å². The highest BCUT2D eigenvalue weighted by Gasteiger charge is 2.20. The van der Waals surface area contributed by atoms with Gasteiger partial charge in [0.05, 0.1) is 6.10 Å². The lowest BCUT2D eigenvalue weighted by Gasteiger charge is -2.29. The van der Waals surface area contributed by atoms with Gasteiger partial charge < -0.3 is 5.11 Å². The van der Waals surface area contributed by atoms with Gasteiger partial charge in [0.25, 0.3) is 0 Å². The van der Waals surface area contributed by atoms with Crippen molar-refractivity contribution in [3.8, 4) is 0 Å². The maximum absolute atomic E-state index is 9.20. The maximum atomic E-state index is 9.20. The first-order valence-corrected chi connectivity index (χ1v) is 3.88. The summed E-state index contributed by atoms with van der Waals surface area (Å²) in [6.07, 6.45) is 1.91. The van der Waals surface area contributed by atoms with Gasteiger partial charge in [-0.1, -0.05) is 0 Å². The van der Waals surface area contributed by atoms with Crippen LogP contribution in [0.2, 0.25) is 0 Å². The van der Waals surface area contributed by atoms with Crippen molar-refractivity contribution in [2.45, 2.75) is 25.9 Å². The number of rotatable bonds is 1. The highest BCUT2D eigenvalue weighted by molar-refractivity contribution is 4.72. The fourth-order valence-electron chi connectivity index (χ4n) is 1.40. The van der Waals surface area contributed by atoms with Crippen LogP contribution < -0.4 is 5.84 Å². The van der Waals surface area contributed by atoms with Gasteiger partial charge in [-0.15, -0.1) is 0 Å². The second-order valence-electron chi connectivity index (χ2n) is 3.11. The first kappa shape index (κ1) is 7.98. The summed E-state index contributed by atoms with van der Waals surface area (Å²) >= 11 is 0. The summed E-state index contributed by atoms with van der Waals surface area (Å²) in [4.78, 5) is 0. The molecule has 1 rings (SSSR count). The monoisotopic (exact) mass is 144 g/mol. The average Bonchev–Trinajstić information content (AvgIpc) is 1.88. The van der Waals surface area contributed by atoms with Crippen LogP contribution in [0.1, 0.15) is 19.8 Å². The summed E-state index contributed by atoms with van der Waals surface area (Å²) < 4.78 is 0. The van der Waals surface area contributed by atoms with Crippen LogP contribution in [0.4, 0.5) is 0 Å². The lowest BCUT2D eigenvalue weighted by atomic mass is 9.93. The van der Waals surface area contributed by atoms with Gasteiger partial charge >= 0.3 is 0 Å². The third-order valence-corrected chi connectivity index (χ3v) is 2.26. The van der Waals surface area contributed by atoms with Crippen molar-refractivity contribution in [1.29, 1.82) is 0 Å². The Bertz CT molecular complexity index is 97.8. The molecule has 0 aromatic heterocycles. The summed E-state index contributed by atoms with van der Waals surface area (Å²) in [6, 6.07) is 0. The minimum absolute atomic E-state index is 0.159. The SMILES string of the molecule is C[C@H](O)C1CCN(N)CC1. The van der Waals surface area contributed by atoms with Crippen molar-refractivity contribution in [1.82, 2.24) is 5.01 Å². The predicted octanol–water partition coefficient (Wildman–Crippen LogP) is -0.0471. The van der Waals surface area contributed by atoms with E-state index < -0.39 is 0 Å².